The van der Waals surface area contributed by atoms with E-state index in [1.807, 2.05) is 24.3 Å². The third-order valence-corrected chi connectivity index (χ3v) is 2.82. The van der Waals surface area contributed by atoms with Gasteiger partial charge >= 0.3 is 5.97 Å². The maximum absolute atomic E-state index is 10.4. The summed E-state index contributed by atoms with van der Waals surface area (Å²) < 4.78 is 5.73. The van der Waals surface area contributed by atoms with Crippen molar-refractivity contribution in [3.05, 3.63) is 41.5 Å². The van der Waals surface area contributed by atoms with Gasteiger partial charge in [-0.05, 0) is 36.1 Å². The first-order chi connectivity index (χ1) is 8.49. The van der Waals surface area contributed by atoms with Crippen LogP contribution in [0.25, 0.3) is 6.08 Å². The summed E-state index contributed by atoms with van der Waals surface area (Å²) in [4.78, 5) is 10.4. The zero-order chi connectivity index (χ0) is 13.5. The molecule has 0 spiro atoms. The number of aliphatic carboxylic acids is 1. The summed E-state index contributed by atoms with van der Waals surface area (Å²) in [6.45, 7) is 6.85. The van der Waals surface area contributed by atoms with Gasteiger partial charge in [0.15, 0.2) is 0 Å². The molecule has 1 atom stereocenters. The van der Waals surface area contributed by atoms with Gasteiger partial charge in [0, 0.05) is 6.08 Å². The van der Waals surface area contributed by atoms with E-state index in [0.717, 1.165) is 17.2 Å². The van der Waals surface area contributed by atoms with E-state index in [1.54, 1.807) is 6.08 Å². The average Bonchev–Trinajstić information content (AvgIpc) is 2.33. The largest absolute Gasteiger partial charge is 0.478 e. The van der Waals surface area contributed by atoms with Crippen LogP contribution in [0.3, 0.4) is 0 Å². The van der Waals surface area contributed by atoms with E-state index in [1.165, 1.54) is 0 Å². The number of benzene rings is 1. The predicted octanol–water partition coefficient (Wildman–Crippen LogP) is 3.35. The molecule has 1 rings (SSSR count). The first kappa shape index (κ1) is 14.5. The summed E-state index contributed by atoms with van der Waals surface area (Å²) in [5.41, 5.74) is 1.92. The molecule has 18 heavy (non-hydrogen) atoms. The summed E-state index contributed by atoms with van der Waals surface area (Å²) in [6, 6.07) is 7.69. The number of ether oxygens (including phenoxy) is 1. The Balaban J connectivity index is 2.62. The maximum Gasteiger partial charge on any atom is 0.328 e. The molecule has 0 aromatic heterocycles. The second-order valence-corrected chi connectivity index (χ2v) is 4.68. The van der Waals surface area contributed by atoms with Crippen LogP contribution in [-0.2, 0) is 16.1 Å². The van der Waals surface area contributed by atoms with E-state index in [-0.39, 0.29) is 6.10 Å². The highest BCUT2D eigenvalue weighted by Crippen LogP contribution is 2.12. The van der Waals surface area contributed by atoms with Gasteiger partial charge in [0.25, 0.3) is 0 Å². The summed E-state index contributed by atoms with van der Waals surface area (Å²) in [6.07, 6.45) is 2.93. The Morgan fingerprint density at radius 2 is 2.11 bits per heavy atom. The van der Waals surface area contributed by atoms with Crippen molar-refractivity contribution < 1.29 is 14.6 Å². The van der Waals surface area contributed by atoms with Crippen molar-refractivity contribution in [2.75, 3.05) is 0 Å². The molecule has 98 valence electrons. The molecule has 0 bridgehead atoms. The minimum absolute atomic E-state index is 0.211. The van der Waals surface area contributed by atoms with Crippen molar-refractivity contribution in [2.24, 2.45) is 5.92 Å². The SMILES string of the molecule is CC(C)C(C)OCc1cccc(C=CC(=O)O)c1. The fourth-order valence-electron chi connectivity index (χ4n) is 1.37. The van der Waals surface area contributed by atoms with Crippen molar-refractivity contribution in [1.82, 2.24) is 0 Å². The molecule has 3 heteroatoms. The van der Waals surface area contributed by atoms with E-state index >= 15 is 0 Å². The molecule has 3 nitrogen and oxygen atoms in total. The lowest BCUT2D eigenvalue weighted by Gasteiger charge is -2.16. The van der Waals surface area contributed by atoms with E-state index in [4.69, 9.17) is 9.84 Å². The van der Waals surface area contributed by atoms with E-state index in [2.05, 4.69) is 20.8 Å². The molecule has 0 amide bonds. The van der Waals surface area contributed by atoms with Crippen molar-refractivity contribution in [3.63, 3.8) is 0 Å². The minimum atomic E-state index is -0.940. The second kappa shape index (κ2) is 6.97. The number of carboxylic acid groups (broad SMARTS) is 1. The molecule has 1 aromatic rings. The van der Waals surface area contributed by atoms with Gasteiger partial charge in [0.1, 0.15) is 0 Å². The van der Waals surface area contributed by atoms with Crippen LogP contribution in [0.4, 0.5) is 0 Å². The monoisotopic (exact) mass is 248 g/mol. The number of hydrogen-bond donors (Lipinski definition) is 1. The van der Waals surface area contributed by atoms with Gasteiger partial charge in [-0.1, -0.05) is 32.0 Å². The van der Waals surface area contributed by atoms with Gasteiger partial charge in [-0.15, -0.1) is 0 Å². The lowest BCUT2D eigenvalue weighted by atomic mass is 10.1. The molecule has 1 unspecified atom stereocenters. The van der Waals surface area contributed by atoms with Crippen molar-refractivity contribution >= 4 is 12.0 Å². The zero-order valence-electron chi connectivity index (χ0n) is 11.1. The topological polar surface area (TPSA) is 46.5 Å². The Labute approximate surface area is 108 Å². The number of hydrogen-bond acceptors (Lipinski definition) is 2. The lowest BCUT2D eigenvalue weighted by molar-refractivity contribution is -0.131. The maximum atomic E-state index is 10.4. The summed E-state index contributed by atoms with van der Waals surface area (Å²) in [7, 11) is 0. The van der Waals surface area contributed by atoms with Crippen LogP contribution < -0.4 is 0 Å². The number of carboxylic acids is 1. The minimum Gasteiger partial charge on any atom is -0.478 e. The predicted molar refractivity (Wildman–Crippen MR) is 72.2 cm³/mol. The molecule has 0 heterocycles. The molecule has 0 fully saturated rings. The number of carbonyl (C=O) groups is 1. The van der Waals surface area contributed by atoms with Gasteiger partial charge in [0.05, 0.1) is 12.7 Å². The number of rotatable bonds is 6. The van der Waals surface area contributed by atoms with Crippen LogP contribution in [0, 0.1) is 5.92 Å². The summed E-state index contributed by atoms with van der Waals surface area (Å²) in [5, 5.41) is 8.57. The van der Waals surface area contributed by atoms with Crippen molar-refractivity contribution in [3.8, 4) is 0 Å². The van der Waals surface area contributed by atoms with Gasteiger partial charge in [-0.3, -0.25) is 0 Å². The normalized spacial score (nSPS) is 13.1. The smallest absolute Gasteiger partial charge is 0.328 e. The van der Waals surface area contributed by atoms with Gasteiger partial charge in [-0.25, -0.2) is 4.79 Å². The van der Waals surface area contributed by atoms with Crippen LogP contribution in [0.2, 0.25) is 0 Å². The van der Waals surface area contributed by atoms with E-state index in [9.17, 15) is 4.79 Å². The standard InChI is InChI=1S/C15H20O3/c1-11(2)12(3)18-10-14-6-4-5-13(9-14)7-8-15(16)17/h4-9,11-12H,10H2,1-3H3,(H,16,17). The highest BCUT2D eigenvalue weighted by Gasteiger charge is 2.07. The van der Waals surface area contributed by atoms with Crippen LogP contribution in [0.5, 0.6) is 0 Å². The zero-order valence-corrected chi connectivity index (χ0v) is 11.1. The Bertz CT molecular complexity index is 422. The molecular weight excluding hydrogens is 228 g/mol. The molecule has 1 N–H and O–H groups in total. The third kappa shape index (κ3) is 5.15. The van der Waals surface area contributed by atoms with Crippen LogP contribution in [0.1, 0.15) is 31.9 Å². The van der Waals surface area contributed by atoms with Gasteiger partial charge in [-0.2, -0.15) is 0 Å². The molecule has 0 aliphatic rings. The molecular formula is C15H20O3. The van der Waals surface area contributed by atoms with Crippen LogP contribution in [0.15, 0.2) is 30.3 Å². The Morgan fingerprint density at radius 1 is 1.39 bits per heavy atom. The first-order valence-electron chi connectivity index (χ1n) is 6.10. The molecule has 0 radical (unpaired) electrons. The van der Waals surface area contributed by atoms with Crippen LogP contribution >= 0.6 is 0 Å². The van der Waals surface area contributed by atoms with Gasteiger partial charge in [0.2, 0.25) is 0 Å². The van der Waals surface area contributed by atoms with Crippen LogP contribution in [-0.4, -0.2) is 17.2 Å². The molecule has 0 aliphatic carbocycles. The molecule has 0 aliphatic heterocycles. The molecule has 0 saturated carbocycles. The fraction of sp³-hybridized carbons (Fsp3) is 0.400. The third-order valence-electron chi connectivity index (χ3n) is 2.82. The Morgan fingerprint density at radius 3 is 2.72 bits per heavy atom. The van der Waals surface area contributed by atoms with Gasteiger partial charge < -0.3 is 9.84 Å². The Kier molecular flexibility index (Phi) is 5.59. The quantitative estimate of drug-likeness (QED) is 0.785. The van der Waals surface area contributed by atoms with Crippen molar-refractivity contribution in [2.45, 2.75) is 33.5 Å². The fourth-order valence-corrected chi connectivity index (χ4v) is 1.37. The average molecular weight is 248 g/mol. The highest BCUT2D eigenvalue weighted by atomic mass is 16.5. The highest BCUT2D eigenvalue weighted by molar-refractivity contribution is 5.85. The first-order valence-corrected chi connectivity index (χ1v) is 6.10. The Hall–Kier alpha value is -1.61. The summed E-state index contributed by atoms with van der Waals surface area (Å²) >= 11 is 0. The summed E-state index contributed by atoms with van der Waals surface area (Å²) in [5.74, 6) is -0.454. The van der Waals surface area contributed by atoms with E-state index < -0.39 is 5.97 Å². The second-order valence-electron chi connectivity index (χ2n) is 4.68. The lowest BCUT2D eigenvalue weighted by Crippen LogP contribution is -2.15. The van der Waals surface area contributed by atoms with E-state index in [0.29, 0.717) is 12.5 Å². The molecule has 1 aromatic carbocycles. The van der Waals surface area contributed by atoms with Crippen molar-refractivity contribution in [1.29, 1.82) is 0 Å². The molecule has 0 saturated heterocycles.